The first-order valence-corrected chi connectivity index (χ1v) is 8.66. The molecule has 0 fully saturated rings. The molecule has 0 aromatic carbocycles. The topological polar surface area (TPSA) is 94.3 Å². The van der Waals surface area contributed by atoms with Gasteiger partial charge in [-0.25, -0.2) is 4.79 Å². The molecule has 0 unspecified atom stereocenters. The molecular weight excluding hydrogens is 330 g/mol. The number of carbonyl (C=O) groups excluding carboxylic acids is 2. The number of aryl methyl sites for hydroxylation is 1. The van der Waals surface area contributed by atoms with Gasteiger partial charge in [-0.15, -0.1) is 0 Å². The van der Waals surface area contributed by atoms with Crippen molar-refractivity contribution in [2.75, 3.05) is 7.11 Å². The van der Waals surface area contributed by atoms with E-state index in [0.29, 0.717) is 24.6 Å². The number of rotatable bonds is 8. The van der Waals surface area contributed by atoms with Gasteiger partial charge >= 0.3 is 5.97 Å². The van der Waals surface area contributed by atoms with Gasteiger partial charge in [0.25, 0.3) is 0 Å². The molecule has 130 valence electrons. The molecule has 2 aromatic rings. The normalized spacial score (nSPS) is 12.2. The van der Waals surface area contributed by atoms with Crippen LogP contribution in [-0.2, 0) is 20.7 Å². The molecule has 0 aliphatic rings. The van der Waals surface area contributed by atoms with Gasteiger partial charge in [-0.3, -0.25) is 4.79 Å². The highest BCUT2D eigenvalue weighted by atomic mass is 32.1. The highest BCUT2D eigenvalue weighted by Crippen LogP contribution is 2.19. The summed E-state index contributed by atoms with van der Waals surface area (Å²) >= 11 is 1.55. The molecule has 2 rings (SSSR count). The van der Waals surface area contributed by atoms with Crippen LogP contribution in [0.15, 0.2) is 21.3 Å². The third-order valence-electron chi connectivity index (χ3n) is 3.34. The minimum atomic E-state index is -0.633. The van der Waals surface area contributed by atoms with E-state index in [2.05, 4.69) is 15.5 Å². The first kappa shape index (κ1) is 18.1. The van der Waals surface area contributed by atoms with Crippen LogP contribution in [-0.4, -0.2) is 35.2 Å². The SMILES string of the molecule is COC(=O)[C@@H](CC(C)C)NC(=O)CCc1nc(-c2ccsc2)no1. The minimum Gasteiger partial charge on any atom is -0.467 e. The maximum absolute atomic E-state index is 12.1. The van der Waals surface area contributed by atoms with Gasteiger partial charge in [-0.05, 0) is 23.8 Å². The highest BCUT2D eigenvalue weighted by Gasteiger charge is 2.22. The van der Waals surface area contributed by atoms with Crippen molar-refractivity contribution in [2.24, 2.45) is 5.92 Å². The van der Waals surface area contributed by atoms with Crippen LogP contribution in [0.3, 0.4) is 0 Å². The number of esters is 1. The van der Waals surface area contributed by atoms with Crippen molar-refractivity contribution in [1.29, 1.82) is 0 Å². The van der Waals surface area contributed by atoms with Crippen LogP contribution in [0.4, 0.5) is 0 Å². The van der Waals surface area contributed by atoms with E-state index in [4.69, 9.17) is 9.26 Å². The first-order valence-electron chi connectivity index (χ1n) is 7.72. The maximum atomic E-state index is 12.1. The van der Waals surface area contributed by atoms with Crippen LogP contribution in [0.2, 0.25) is 0 Å². The van der Waals surface area contributed by atoms with Crippen LogP contribution in [0.25, 0.3) is 11.4 Å². The number of hydrogen-bond acceptors (Lipinski definition) is 7. The van der Waals surface area contributed by atoms with Crippen LogP contribution >= 0.6 is 11.3 Å². The summed E-state index contributed by atoms with van der Waals surface area (Å²) < 4.78 is 9.88. The molecule has 0 saturated carbocycles. The van der Waals surface area contributed by atoms with Crippen molar-refractivity contribution in [3.8, 4) is 11.4 Å². The molecule has 1 atom stereocenters. The van der Waals surface area contributed by atoms with Gasteiger partial charge in [0.1, 0.15) is 6.04 Å². The van der Waals surface area contributed by atoms with Gasteiger partial charge in [0.2, 0.25) is 17.6 Å². The Labute approximate surface area is 144 Å². The predicted molar refractivity (Wildman–Crippen MR) is 89.3 cm³/mol. The molecule has 0 bridgehead atoms. The molecule has 24 heavy (non-hydrogen) atoms. The van der Waals surface area contributed by atoms with E-state index in [0.717, 1.165) is 5.56 Å². The van der Waals surface area contributed by atoms with Gasteiger partial charge in [0.15, 0.2) is 0 Å². The number of ether oxygens (including phenoxy) is 1. The number of hydrogen-bond donors (Lipinski definition) is 1. The number of nitrogens with one attached hydrogen (secondary N) is 1. The fraction of sp³-hybridized carbons (Fsp3) is 0.500. The molecular formula is C16H21N3O4S. The highest BCUT2D eigenvalue weighted by molar-refractivity contribution is 7.08. The van der Waals surface area contributed by atoms with Gasteiger partial charge in [0, 0.05) is 23.8 Å². The first-order chi connectivity index (χ1) is 11.5. The van der Waals surface area contributed by atoms with E-state index in [1.165, 1.54) is 7.11 Å². The van der Waals surface area contributed by atoms with E-state index >= 15 is 0 Å². The second-order valence-electron chi connectivity index (χ2n) is 5.80. The van der Waals surface area contributed by atoms with Crippen LogP contribution < -0.4 is 5.32 Å². The predicted octanol–water partition coefficient (Wildman–Crippen LogP) is 2.43. The van der Waals surface area contributed by atoms with Crippen molar-refractivity contribution in [3.63, 3.8) is 0 Å². The van der Waals surface area contributed by atoms with Crippen LogP contribution in [0.5, 0.6) is 0 Å². The quantitative estimate of drug-likeness (QED) is 0.734. The lowest BCUT2D eigenvalue weighted by Gasteiger charge is -2.18. The second-order valence-corrected chi connectivity index (χ2v) is 6.58. The molecule has 0 aliphatic heterocycles. The second kappa shape index (κ2) is 8.58. The van der Waals surface area contributed by atoms with Crippen LogP contribution in [0, 0.1) is 5.92 Å². The monoisotopic (exact) mass is 351 g/mol. The average molecular weight is 351 g/mol. The largest absolute Gasteiger partial charge is 0.467 e. The minimum absolute atomic E-state index is 0.164. The van der Waals surface area contributed by atoms with Crippen molar-refractivity contribution in [1.82, 2.24) is 15.5 Å². The average Bonchev–Trinajstić information content (AvgIpc) is 3.21. The maximum Gasteiger partial charge on any atom is 0.328 e. The van der Waals surface area contributed by atoms with E-state index in [9.17, 15) is 9.59 Å². The van der Waals surface area contributed by atoms with E-state index in [-0.39, 0.29) is 18.2 Å². The summed E-state index contributed by atoms with van der Waals surface area (Å²) in [5, 5.41) is 10.5. The number of amides is 1. The molecule has 1 amide bonds. The molecule has 8 heteroatoms. The van der Waals surface area contributed by atoms with Crippen LogP contribution in [0.1, 0.15) is 32.6 Å². The zero-order valence-electron chi connectivity index (χ0n) is 13.9. The summed E-state index contributed by atoms with van der Waals surface area (Å²) in [4.78, 5) is 28.0. The van der Waals surface area contributed by atoms with Gasteiger partial charge < -0.3 is 14.6 Å². The molecule has 0 radical (unpaired) electrons. The summed E-state index contributed by atoms with van der Waals surface area (Å²) in [6.07, 6.45) is 1.01. The van der Waals surface area contributed by atoms with E-state index in [1.807, 2.05) is 30.7 Å². The lowest BCUT2D eigenvalue weighted by molar-refractivity contribution is -0.145. The fourth-order valence-corrected chi connectivity index (χ4v) is 2.81. The van der Waals surface area contributed by atoms with Gasteiger partial charge in [-0.2, -0.15) is 16.3 Å². The zero-order valence-corrected chi connectivity index (χ0v) is 14.8. The third kappa shape index (κ3) is 5.16. The Morgan fingerprint density at radius 1 is 1.42 bits per heavy atom. The van der Waals surface area contributed by atoms with Crippen molar-refractivity contribution in [3.05, 3.63) is 22.7 Å². The van der Waals surface area contributed by atoms with Gasteiger partial charge in [0.05, 0.1) is 7.11 Å². The summed E-state index contributed by atoms with van der Waals surface area (Å²) in [5.74, 6) is 0.484. The van der Waals surface area contributed by atoms with Gasteiger partial charge in [-0.1, -0.05) is 19.0 Å². The number of methoxy groups -OCH3 is 1. The number of thiophene rings is 1. The summed E-state index contributed by atoms with van der Waals surface area (Å²) in [6, 6.07) is 1.27. The Kier molecular flexibility index (Phi) is 6.48. The molecule has 1 N–H and O–H groups in total. The van der Waals surface area contributed by atoms with Crippen molar-refractivity contribution in [2.45, 2.75) is 39.2 Å². The number of aromatic nitrogens is 2. The standard InChI is InChI=1S/C16H21N3O4S/c1-10(2)8-12(16(21)22-3)17-13(20)4-5-14-18-15(19-23-14)11-6-7-24-9-11/h6-7,9-10,12H,4-5,8H2,1-3H3,(H,17,20)/t12-/m1/s1. The molecule has 2 aromatic heterocycles. The fourth-order valence-electron chi connectivity index (χ4n) is 2.18. The molecule has 7 nitrogen and oxygen atoms in total. The third-order valence-corrected chi connectivity index (χ3v) is 4.02. The molecule has 0 spiro atoms. The summed E-state index contributed by atoms with van der Waals surface area (Å²) in [5.41, 5.74) is 0.891. The summed E-state index contributed by atoms with van der Waals surface area (Å²) in [6.45, 7) is 3.96. The lowest BCUT2D eigenvalue weighted by atomic mass is 10.0. The van der Waals surface area contributed by atoms with Crippen molar-refractivity contribution < 1.29 is 18.8 Å². The van der Waals surface area contributed by atoms with E-state index < -0.39 is 12.0 Å². The number of carbonyl (C=O) groups is 2. The lowest BCUT2D eigenvalue weighted by Crippen LogP contribution is -2.42. The van der Waals surface area contributed by atoms with Crippen molar-refractivity contribution >= 4 is 23.2 Å². The molecule has 2 heterocycles. The Morgan fingerprint density at radius 2 is 2.21 bits per heavy atom. The number of nitrogens with zero attached hydrogens (tertiary/aromatic N) is 2. The Bertz CT molecular complexity index is 667. The Balaban J connectivity index is 1.87. The molecule has 0 saturated heterocycles. The Hall–Kier alpha value is -2.22. The van der Waals surface area contributed by atoms with E-state index in [1.54, 1.807) is 11.3 Å². The Morgan fingerprint density at radius 3 is 2.83 bits per heavy atom. The smallest absolute Gasteiger partial charge is 0.328 e. The molecule has 0 aliphatic carbocycles. The zero-order chi connectivity index (χ0) is 17.5. The summed E-state index contributed by atoms with van der Waals surface area (Å²) in [7, 11) is 1.31.